The lowest BCUT2D eigenvalue weighted by Crippen LogP contribution is -2.45. The molecule has 0 saturated carbocycles. The van der Waals surface area contributed by atoms with Crippen molar-refractivity contribution in [2.75, 3.05) is 25.0 Å². The first-order valence-corrected chi connectivity index (χ1v) is 9.25. The van der Waals surface area contributed by atoms with Crippen LogP contribution < -0.4 is 11.1 Å². The van der Waals surface area contributed by atoms with Crippen LogP contribution in [0, 0.1) is 0 Å². The molecule has 146 valence electrons. The van der Waals surface area contributed by atoms with Crippen LogP contribution in [0.3, 0.4) is 0 Å². The highest BCUT2D eigenvalue weighted by atomic mass is 16.5. The molecule has 2 rings (SSSR count). The van der Waals surface area contributed by atoms with E-state index in [0.29, 0.717) is 12.3 Å². The van der Waals surface area contributed by atoms with Crippen molar-refractivity contribution in [3.63, 3.8) is 0 Å². The lowest BCUT2D eigenvalue weighted by molar-refractivity contribution is -0.137. The zero-order valence-electron chi connectivity index (χ0n) is 15.6. The maximum Gasteiger partial charge on any atom is 0.330 e. The van der Waals surface area contributed by atoms with E-state index in [9.17, 15) is 14.4 Å². The Morgan fingerprint density at radius 2 is 2.00 bits per heavy atom. The standard InChI is InChI=1S/C20H27N3O4/c1-2-27-20(26)11-8-15-6-9-16(10-7-15)22-19(25)14-23-12-4-3-5-17(23)13-18(21)24/h6-11,17H,2-5,12-14H2,1H3,(H2,21,24)(H,22,25)/b11-8+. The van der Waals surface area contributed by atoms with Gasteiger partial charge >= 0.3 is 5.97 Å². The van der Waals surface area contributed by atoms with Crippen molar-refractivity contribution in [2.24, 2.45) is 5.73 Å². The van der Waals surface area contributed by atoms with Gasteiger partial charge in [0.1, 0.15) is 0 Å². The predicted molar refractivity (Wildman–Crippen MR) is 104 cm³/mol. The fourth-order valence-electron chi connectivity index (χ4n) is 3.15. The maximum atomic E-state index is 12.3. The number of nitrogens with zero attached hydrogens (tertiary/aromatic N) is 1. The molecule has 0 spiro atoms. The van der Waals surface area contributed by atoms with E-state index in [1.54, 1.807) is 25.1 Å². The molecule has 1 saturated heterocycles. The molecule has 3 N–H and O–H groups in total. The Labute approximate surface area is 159 Å². The number of ether oxygens (including phenoxy) is 1. The first kappa shape index (κ1) is 20.6. The third kappa shape index (κ3) is 7.22. The second-order valence-corrected chi connectivity index (χ2v) is 6.55. The smallest absolute Gasteiger partial charge is 0.330 e. The molecule has 2 amide bonds. The Balaban J connectivity index is 1.87. The Morgan fingerprint density at radius 1 is 1.26 bits per heavy atom. The molecule has 0 radical (unpaired) electrons. The Morgan fingerprint density at radius 3 is 2.67 bits per heavy atom. The van der Waals surface area contributed by atoms with Gasteiger partial charge < -0.3 is 15.8 Å². The third-order valence-corrected chi connectivity index (χ3v) is 4.43. The lowest BCUT2D eigenvalue weighted by Gasteiger charge is -2.34. The van der Waals surface area contributed by atoms with Crippen LogP contribution in [0.5, 0.6) is 0 Å². The van der Waals surface area contributed by atoms with E-state index in [4.69, 9.17) is 10.5 Å². The molecule has 7 heteroatoms. The van der Waals surface area contributed by atoms with Crippen LogP contribution in [-0.4, -0.2) is 48.4 Å². The maximum absolute atomic E-state index is 12.3. The first-order valence-electron chi connectivity index (χ1n) is 9.25. The molecular formula is C20H27N3O4. The van der Waals surface area contributed by atoms with E-state index in [2.05, 4.69) is 5.32 Å². The number of hydrogen-bond donors (Lipinski definition) is 2. The van der Waals surface area contributed by atoms with E-state index in [0.717, 1.165) is 31.4 Å². The van der Waals surface area contributed by atoms with E-state index in [1.165, 1.54) is 6.08 Å². The van der Waals surface area contributed by atoms with Crippen molar-refractivity contribution in [1.82, 2.24) is 4.90 Å². The Hall–Kier alpha value is -2.67. The Kier molecular flexibility index (Phi) is 8.00. The van der Waals surface area contributed by atoms with Gasteiger partial charge in [0.2, 0.25) is 11.8 Å². The molecule has 7 nitrogen and oxygen atoms in total. The summed E-state index contributed by atoms with van der Waals surface area (Å²) in [5, 5.41) is 2.86. The summed E-state index contributed by atoms with van der Waals surface area (Å²) in [6.07, 6.45) is 6.27. The molecule has 0 aliphatic carbocycles. The van der Waals surface area contributed by atoms with Crippen LogP contribution in [-0.2, 0) is 19.1 Å². The molecule has 0 bridgehead atoms. The number of nitrogens with one attached hydrogen (secondary N) is 1. The summed E-state index contributed by atoms with van der Waals surface area (Å²) in [6, 6.07) is 7.21. The summed E-state index contributed by atoms with van der Waals surface area (Å²) in [7, 11) is 0. The third-order valence-electron chi connectivity index (χ3n) is 4.43. The minimum atomic E-state index is -0.387. The van der Waals surface area contributed by atoms with Crippen LogP contribution in [0.25, 0.3) is 6.08 Å². The van der Waals surface area contributed by atoms with Crippen molar-refractivity contribution in [3.05, 3.63) is 35.9 Å². The van der Waals surface area contributed by atoms with Crippen molar-refractivity contribution in [2.45, 2.75) is 38.6 Å². The summed E-state index contributed by atoms with van der Waals surface area (Å²) >= 11 is 0. The number of anilines is 1. The van der Waals surface area contributed by atoms with Gasteiger partial charge in [-0.05, 0) is 50.1 Å². The number of hydrogen-bond acceptors (Lipinski definition) is 5. The number of primary amides is 1. The van der Waals surface area contributed by atoms with Gasteiger partial charge in [0.05, 0.1) is 13.2 Å². The summed E-state index contributed by atoms with van der Waals surface area (Å²) in [5.74, 6) is -0.845. The van der Waals surface area contributed by atoms with Gasteiger partial charge in [0.25, 0.3) is 0 Å². The van der Waals surface area contributed by atoms with Crippen LogP contribution in [0.1, 0.15) is 38.2 Å². The average molecular weight is 373 g/mol. The van der Waals surface area contributed by atoms with E-state index in [1.807, 2.05) is 17.0 Å². The zero-order chi connectivity index (χ0) is 19.6. The Bertz CT molecular complexity index is 685. The topological polar surface area (TPSA) is 102 Å². The highest BCUT2D eigenvalue weighted by molar-refractivity contribution is 5.92. The molecule has 1 unspecified atom stereocenters. The number of rotatable bonds is 8. The van der Waals surface area contributed by atoms with Crippen molar-refractivity contribution in [3.8, 4) is 0 Å². The second-order valence-electron chi connectivity index (χ2n) is 6.55. The number of esters is 1. The van der Waals surface area contributed by atoms with E-state index >= 15 is 0 Å². The molecule has 1 fully saturated rings. The van der Waals surface area contributed by atoms with Crippen LogP contribution in [0.15, 0.2) is 30.3 Å². The van der Waals surface area contributed by atoms with Crippen LogP contribution in [0.4, 0.5) is 5.69 Å². The minimum Gasteiger partial charge on any atom is -0.463 e. The van der Waals surface area contributed by atoms with E-state index in [-0.39, 0.29) is 36.8 Å². The highest BCUT2D eigenvalue weighted by Gasteiger charge is 2.25. The fraction of sp³-hybridized carbons (Fsp3) is 0.450. The molecule has 1 aromatic rings. The van der Waals surface area contributed by atoms with Crippen LogP contribution in [0.2, 0.25) is 0 Å². The molecule has 1 heterocycles. The van der Waals surface area contributed by atoms with Crippen LogP contribution >= 0.6 is 0 Å². The molecule has 1 aliphatic heterocycles. The molecule has 27 heavy (non-hydrogen) atoms. The molecule has 1 aliphatic rings. The average Bonchev–Trinajstić information content (AvgIpc) is 2.62. The van der Waals surface area contributed by atoms with Gasteiger partial charge in [-0.3, -0.25) is 14.5 Å². The lowest BCUT2D eigenvalue weighted by atomic mass is 9.99. The predicted octanol–water partition coefficient (Wildman–Crippen LogP) is 1.93. The zero-order valence-corrected chi connectivity index (χ0v) is 15.6. The number of nitrogens with two attached hydrogens (primary N) is 1. The SMILES string of the molecule is CCOC(=O)/C=C/c1ccc(NC(=O)CN2CCCCC2CC(N)=O)cc1. The second kappa shape index (κ2) is 10.5. The monoisotopic (exact) mass is 373 g/mol. The van der Waals surface area contributed by atoms with Crippen molar-refractivity contribution >= 4 is 29.5 Å². The molecular weight excluding hydrogens is 346 g/mol. The summed E-state index contributed by atoms with van der Waals surface area (Å²) in [5.41, 5.74) is 6.82. The largest absolute Gasteiger partial charge is 0.463 e. The minimum absolute atomic E-state index is 0.0392. The van der Waals surface area contributed by atoms with Gasteiger partial charge in [0, 0.05) is 24.2 Å². The van der Waals surface area contributed by atoms with Gasteiger partial charge in [0.15, 0.2) is 0 Å². The molecule has 1 aromatic carbocycles. The number of carbonyl (C=O) groups is 3. The number of carbonyl (C=O) groups excluding carboxylic acids is 3. The normalized spacial score (nSPS) is 17.6. The van der Waals surface area contributed by atoms with Crippen molar-refractivity contribution in [1.29, 1.82) is 0 Å². The van der Waals surface area contributed by atoms with Crippen molar-refractivity contribution < 1.29 is 19.1 Å². The van der Waals surface area contributed by atoms with Gasteiger partial charge in [-0.15, -0.1) is 0 Å². The number of likely N-dealkylation sites (tertiary alicyclic amines) is 1. The first-order chi connectivity index (χ1) is 13.0. The van der Waals surface area contributed by atoms with Gasteiger partial charge in [-0.1, -0.05) is 18.6 Å². The quantitative estimate of drug-likeness (QED) is 0.535. The molecule has 0 aromatic heterocycles. The number of piperidine rings is 1. The number of amides is 2. The molecule has 1 atom stereocenters. The summed E-state index contributed by atoms with van der Waals surface area (Å²) < 4.78 is 4.83. The summed E-state index contributed by atoms with van der Waals surface area (Å²) in [6.45, 7) is 3.13. The number of benzene rings is 1. The van der Waals surface area contributed by atoms with Gasteiger partial charge in [-0.2, -0.15) is 0 Å². The van der Waals surface area contributed by atoms with E-state index < -0.39 is 0 Å². The van der Waals surface area contributed by atoms with Gasteiger partial charge in [-0.25, -0.2) is 4.79 Å². The summed E-state index contributed by atoms with van der Waals surface area (Å²) in [4.78, 5) is 36.9. The highest BCUT2D eigenvalue weighted by Crippen LogP contribution is 2.19. The fourth-order valence-corrected chi connectivity index (χ4v) is 3.15.